The summed E-state index contributed by atoms with van der Waals surface area (Å²) in [6, 6.07) is 0. The minimum Gasteiger partial charge on any atom is -0.376 e. The Labute approximate surface area is 89.9 Å². The topological polar surface area (TPSA) is 61.0 Å². The number of ether oxygens (including phenoxy) is 1. The van der Waals surface area contributed by atoms with Gasteiger partial charge in [-0.25, -0.2) is 9.97 Å². The van der Waals surface area contributed by atoms with Crippen molar-refractivity contribution in [3.05, 3.63) is 23.3 Å². The van der Waals surface area contributed by atoms with Crippen LogP contribution in [0.2, 0.25) is 0 Å². The fraction of sp³-hybridized carbons (Fsp3) is 0.636. The molecule has 1 aliphatic rings. The van der Waals surface area contributed by atoms with Crippen LogP contribution >= 0.6 is 0 Å². The summed E-state index contributed by atoms with van der Waals surface area (Å²) in [6.07, 6.45) is 3.28. The first-order chi connectivity index (χ1) is 7.06. The van der Waals surface area contributed by atoms with Gasteiger partial charge in [-0.15, -0.1) is 0 Å². The number of fused-ring (bicyclic) bond motifs is 1. The van der Waals surface area contributed by atoms with Crippen molar-refractivity contribution in [1.29, 1.82) is 0 Å². The summed E-state index contributed by atoms with van der Waals surface area (Å²) < 4.78 is 5.43. The Morgan fingerprint density at radius 3 is 3.00 bits per heavy atom. The van der Waals surface area contributed by atoms with Crippen LogP contribution in [-0.2, 0) is 24.2 Å². The van der Waals surface area contributed by atoms with Crippen LogP contribution in [-0.4, -0.2) is 22.1 Å². The van der Waals surface area contributed by atoms with Gasteiger partial charge in [-0.1, -0.05) is 0 Å². The van der Waals surface area contributed by atoms with E-state index in [2.05, 4.69) is 9.97 Å². The molecule has 0 saturated heterocycles. The third-order valence-electron chi connectivity index (χ3n) is 2.48. The standard InChI is InChI=1S/C11H17N3O/c1-11(2,12)5-10-8-6-15-4-3-9(8)13-7-14-10/h7H,3-6,12H2,1-2H3. The van der Waals surface area contributed by atoms with Gasteiger partial charge in [0.05, 0.1) is 24.6 Å². The SMILES string of the molecule is CC(C)(N)Cc1ncnc2c1COCC2. The van der Waals surface area contributed by atoms with Gasteiger partial charge in [-0.3, -0.25) is 0 Å². The molecule has 0 unspecified atom stereocenters. The van der Waals surface area contributed by atoms with Gasteiger partial charge in [0.1, 0.15) is 6.33 Å². The van der Waals surface area contributed by atoms with E-state index in [1.807, 2.05) is 13.8 Å². The zero-order chi connectivity index (χ0) is 10.9. The van der Waals surface area contributed by atoms with E-state index in [9.17, 15) is 0 Å². The van der Waals surface area contributed by atoms with Crippen LogP contribution in [0.4, 0.5) is 0 Å². The molecule has 0 fully saturated rings. The van der Waals surface area contributed by atoms with E-state index in [-0.39, 0.29) is 5.54 Å². The maximum absolute atomic E-state index is 6.00. The molecule has 1 aromatic heterocycles. The zero-order valence-corrected chi connectivity index (χ0v) is 9.29. The van der Waals surface area contributed by atoms with Crippen LogP contribution in [0.3, 0.4) is 0 Å². The highest BCUT2D eigenvalue weighted by Crippen LogP contribution is 2.19. The first kappa shape index (κ1) is 10.5. The summed E-state index contributed by atoms with van der Waals surface area (Å²) in [5.41, 5.74) is 9.06. The van der Waals surface area contributed by atoms with Gasteiger partial charge >= 0.3 is 0 Å². The Bertz CT molecular complexity index is 357. The number of hydrogen-bond donors (Lipinski definition) is 1. The molecule has 1 aliphatic heterocycles. The summed E-state index contributed by atoms with van der Waals surface area (Å²) in [6.45, 7) is 5.40. The van der Waals surface area contributed by atoms with Gasteiger partial charge in [-0.05, 0) is 13.8 Å². The average Bonchev–Trinajstić information content (AvgIpc) is 2.16. The molecule has 0 radical (unpaired) electrons. The third kappa shape index (κ3) is 2.52. The lowest BCUT2D eigenvalue weighted by Gasteiger charge is -2.22. The first-order valence-corrected chi connectivity index (χ1v) is 5.24. The molecule has 1 aromatic rings. The van der Waals surface area contributed by atoms with E-state index in [1.54, 1.807) is 6.33 Å². The van der Waals surface area contributed by atoms with Gasteiger partial charge in [-0.2, -0.15) is 0 Å². The van der Waals surface area contributed by atoms with Gasteiger partial charge in [0, 0.05) is 23.9 Å². The Balaban J connectivity index is 2.31. The molecule has 0 amide bonds. The second kappa shape index (κ2) is 3.87. The predicted molar refractivity (Wildman–Crippen MR) is 57.4 cm³/mol. The second-order valence-electron chi connectivity index (χ2n) is 4.71. The Morgan fingerprint density at radius 1 is 1.47 bits per heavy atom. The minimum atomic E-state index is -0.237. The van der Waals surface area contributed by atoms with Crippen molar-refractivity contribution < 1.29 is 4.74 Å². The number of aromatic nitrogens is 2. The van der Waals surface area contributed by atoms with Crippen LogP contribution in [0, 0.1) is 0 Å². The number of hydrogen-bond acceptors (Lipinski definition) is 4. The van der Waals surface area contributed by atoms with Crippen molar-refractivity contribution in [3.63, 3.8) is 0 Å². The fourth-order valence-electron chi connectivity index (χ4n) is 1.80. The molecular weight excluding hydrogens is 190 g/mol. The molecular formula is C11H17N3O. The van der Waals surface area contributed by atoms with Crippen LogP contribution in [0.1, 0.15) is 30.8 Å². The predicted octanol–water partition coefficient (Wildman–Crippen LogP) is 0.829. The molecule has 4 heteroatoms. The molecule has 2 N–H and O–H groups in total. The van der Waals surface area contributed by atoms with Crippen LogP contribution in [0.5, 0.6) is 0 Å². The lowest BCUT2D eigenvalue weighted by atomic mass is 9.95. The number of nitrogens with two attached hydrogens (primary N) is 1. The summed E-state index contributed by atoms with van der Waals surface area (Å²) in [5, 5.41) is 0. The van der Waals surface area contributed by atoms with Crippen LogP contribution in [0.25, 0.3) is 0 Å². The largest absolute Gasteiger partial charge is 0.376 e. The normalized spacial score (nSPS) is 16.2. The second-order valence-corrected chi connectivity index (χ2v) is 4.71. The number of rotatable bonds is 2. The summed E-state index contributed by atoms with van der Waals surface area (Å²) in [4.78, 5) is 8.58. The van der Waals surface area contributed by atoms with Crippen molar-refractivity contribution in [1.82, 2.24) is 9.97 Å². The van der Waals surface area contributed by atoms with E-state index in [1.165, 1.54) is 0 Å². The first-order valence-electron chi connectivity index (χ1n) is 5.24. The van der Waals surface area contributed by atoms with Gasteiger partial charge in [0.15, 0.2) is 0 Å². The van der Waals surface area contributed by atoms with Crippen molar-refractivity contribution >= 4 is 0 Å². The van der Waals surface area contributed by atoms with E-state index in [0.29, 0.717) is 6.61 Å². The zero-order valence-electron chi connectivity index (χ0n) is 9.29. The molecule has 0 atom stereocenters. The van der Waals surface area contributed by atoms with Gasteiger partial charge in [0.2, 0.25) is 0 Å². The smallest absolute Gasteiger partial charge is 0.115 e. The quantitative estimate of drug-likeness (QED) is 0.780. The van der Waals surface area contributed by atoms with E-state index < -0.39 is 0 Å². The molecule has 2 rings (SSSR count). The monoisotopic (exact) mass is 207 g/mol. The van der Waals surface area contributed by atoms with Gasteiger partial charge in [0.25, 0.3) is 0 Å². The van der Waals surface area contributed by atoms with E-state index in [0.717, 1.165) is 36.4 Å². The van der Waals surface area contributed by atoms with Crippen molar-refractivity contribution in [2.45, 2.75) is 38.8 Å². The summed E-state index contributed by atoms with van der Waals surface area (Å²) >= 11 is 0. The summed E-state index contributed by atoms with van der Waals surface area (Å²) in [5.74, 6) is 0. The highest BCUT2D eigenvalue weighted by Gasteiger charge is 2.20. The number of nitrogens with zero attached hydrogens (tertiary/aromatic N) is 2. The fourth-order valence-corrected chi connectivity index (χ4v) is 1.80. The Kier molecular flexibility index (Phi) is 2.71. The summed E-state index contributed by atoms with van der Waals surface area (Å²) in [7, 11) is 0. The molecule has 0 aromatic carbocycles. The lowest BCUT2D eigenvalue weighted by Crippen LogP contribution is -2.35. The minimum absolute atomic E-state index is 0.237. The molecule has 0 saturated carbocycles. The molecule has 4 nitrogen and oxygen atoms in total. The molecule has 82 valence electrons. The molecule has 2 heterocycles. The Morgan fingerprint density at radius 2 is 2.27 bits per heavy atom. The molecule has 0 bridgehead atoms. The van der Waals surface area contributed by atoms with Gasteiger partial charge < -0.3 is 10.5 Å². The van der Waals surface area contributed by atoms with Crippen molar-refractivity contribution in [3.8, 4) is 0 Å². The lowest BCUT2D eigenvalue weighted by molar-refractivity contribution is 0.107. The Hall–Kier alpha value is -1.00. The molecule has 0 spiro atoms. The highest BCUT2D eigenvalue weighted by atomic mass is 16.5. The average molecular weight is 207 g/mol. The highest BCUT2D eigenvalue weighted by molar-refractivity contribution is 5.26. The van der Waals surface area contributed by atoms with Crippen LogP contribution in [0.15, 0.2) is 6.33 Å². The molecule has 0 aliphatic carbocycles. The third-order valence-corrected chi connectivity index (χ3v) is 2.48. The van der Waals surface area contributed by atoms with E-state index in [4.69, 9.17) is 10.5 Å². The molecule has 15 heavy (non-hydrogen) atoms. The maximum atomic E-state index is 6.00. The van der Waals surface area contributed by atoms with Crippen molar-refractivity contribution in [2.75, 3.05) is 6.61 Å². The van der Waals surface area contributed by atoms with E-state index >= 15 is 0 Å². The maximum Gasteiger partial charge on any atom is 0.115 e. The van der Waals surface area contributed by atoms with Crippen molar-refractivity contribution in [2.24, 2.45) is 5.73 Å². The van der Waals surface area contributed by atoms with Crippen LogP contribution < -0.4 is 5.73 Å².